The van der Waals surface area contributed by atoms with Crippen molar-refractivity contribution in [2.45, 2.75) is 52.5 Å². The number of unbranched alkanes of at least 4 members (excludes halogenated alkanes) is 1. The fourth-order valence-corrected chi connectivity index (χ4v) is 1.74. The van der Waals surface area contributed by atoms with E-state index in [9.17, 15) is 4.79 Å². The minimum absolute atomic E-state index is 0.0588. The van der Waals surface area contributed by atoms with Gasteiger partial charge in [0, 0.05) is 0 Å². The Hall–Kier alpha value is -0.610. The van der Waals surface area contributed by atoms with E-state index in [1.807, 2.05) is 0 Å². The van der Waals surface area contributed by atoms with E-state index in [0.29, 0.717) is 0 Å². The monoisotopic (exact) mass is 215 g/mol. The summed E-state index contributed by atoms with van der Waals surface area (Å²) >= 11 is 0. The van der Waals surface area contributed by atoms with E-state index < -0.39 is 0 Å². The second kappa shape index (κ2) is 8.68. The Morgan fingerprint density at radius 3 is 2.40 bits per heavy atom. The van der Waals surface area contributed by atoms with Gasteiger partial charge in [-0.05, 0) is 25.9 Å². The molecular formula is C11H25N3O. The van der Waals surface area contributed by atoms with Crippen LogP contribution in [0.1, 0.15) is 46.5 Å². The molecule has 0 spiro atoms. The van der Waals surface area contributed by atoms with Crippen molar-refractivity contribution in [1.29, 1.82) is 0 Å². The van der Waals surface area contributed by atoms with Gasteiger partial charge < -0.3 is 0 Å². The molecule has 0 saturated heterocycles. The first-order chi connectivity index (χ1) is 7.21. The van der Waals surface area contributed by atoms with Crippen LogP contribution < -0.4 is 11.3 Å². The van der Waals surface area contributed by atoms with E-state index in [1.54, 1.807) is 0 Å². The Balaban J connectivity index is 4.32. The minimum Gasteiger partial charge on any atom is -0.293 e. The van der Waals surface area contributed by atoms with Crippen molar-refractivity contribution in [1.82, 2.24) is 10.3 Å². The molecule has 0 radical (unpaired) electrons. The van der Waals surface area contributed by atoms with E-state index >= 15 is 0 Å². The molecule has 90 valence electrons. The lowest BCUT2D eigenvalue weighted by molar-refractivity contribution is -0.126. The predicted molar refractivity (Wildman–Crippen MR) is 63.2 cm³/mol. The molecule has 0 aromatic heterocycles. The third kappa shape index (κ3) is 5.14. The fraction of sp³-hybridized carbons (Fsp3) is 0.909. The van der Waals surface area contributed by atoms with Crippen LogP contribution in [-0.4, -0.2) is 29.9 Å². The molecule has 0 aromatic carbocycles. The average Bonchev–Trinajstić information content (AvgIpc) is 2.27. The lowest BCUT2D eigenvalue weighted by Gasteiger charge is -2.28. The van der Waals surface area contributed by atoms with Crippen molar-refractivity contribution in [2.75, 3.05) is 13.1 Å². The first-order valence-corrected chi connectivity index (χ1v) is 5.95. The summed E-state index contributed by atoms with van der Waals surface area (Å²) < 4.78 is 0. The molecule has 0 heterocycles. The maximum atomic E-state index is 11.6. The number of nitrogens with zero attached hydrogens (tertiary/aromatic N) is 1. The minimum atomic E-state index is -0.0604. The van der Waals surface area contributed by atoms with Crippen LogP contribution in [0.3, 0.4) is 0 Å². The zero-order chi connectivity index (χ0) is 11.7. The third-order valence-electron chi connectivity index (χ3n) is 2.65. The summed E-state index contributed by atoms with van der Waals surface area (Å²) in [6.07, 6.45) is 4.16. The molecule has 0 bridgehead atoms. The number of rotatable bonds is 8. The summed E-state index contributed by atoms with van der Waals surface area (Å²) in [7, 11) is 0. The lowest BCUT2D eigenvalue weighted by Crippen LogP contribution is -2.49. The predicted octanol–water partition coefficient (Wildman–Crippen LogP) is 1.27. The summed E-state index contributed by atoms with van der Waals surface area (Å²) in [6, 6.07) is -0.0588. The quantitative estimate of drug-likeness (QED) is 0.364. The van der Waals surface area contributed by atoms with Gasteiger partial charge in [-0.15, -0.1) is 0 Å². The highest BCUT2D eigenvalue weighted by Crippen LogP contribution is 2.08. The maximum absolute atomic E-state index is 11.6. The molecule has 4 nitrogen and oxygen atoms in total. The molecule has 0 saturated carbocycles. The fourth-order valence-electron chi connectivity index (χ4n) is 1.74. The number of nitrogens with one attached hydrogen (secondary N) is 1. The van der Waals surface area contributed by atoms with E-state index in [1.165, 1.54) is 0 Å². The summed E-state index contributed by atoms with van der Waals surface area (Å²) in [5, 5.41) is 0. The molecule has 0 aromatic rings. The molecule has 15 heavy (non-hydrogen) atoms. The van der Waals surface area contributed by atoms with Crippen LogP contribution in [-0.2, 0) is 4.79 Å². The number of likely N-dealkylation sites (N-methyl/N-ethyl adjacent to an activating group) is 1. The standard InChI is InChI=1S/C11H25N3O/c1-4-7-9-14(6-3)10(8-5-2)11(15)13-12/h10H,4-9,12H2,1-3H3,(H,13,15). The first-order valence-electron chi connectivity index (χ1n) is 5.95. The second-order valence-electron chi connectivity index (χ2n) is 3.80. The van der Waals surface area contributed by atoms with Gasteiger partial charge in [-0.1, -0.05) is 33.6 Å². The van der Waals surface area contributed by atoms with Crippen LogP contribution in [0.25, 0.3) is 0 Å². The Labute approximate surface area is 93.2 Å². The number of hydrogen-bond donors (Lipinski definition) is 2. The van der Waals surface area contributed by atoms with Crippen molar-refractivity contribution >= 4 is 5.91 Å². The van der Waals surface area contributed by atoms with Crippen LogP contribution in [0.5, 0.6) is 0 Å². The van der Waals surface area contributed by atoms with Gasteiger partial charge in [0.15, 0.2) is 0 Å². The van der Waals surface area contributed by atoms with E-state index in [0.717, 1.165) is 38.8 Å². The molecular weight excluding hydrogens is 190 g/mol. The van der Waals surface area contributed by atoms with Gasteiger partial charge in [-0.2, -0.15) is 0 Å². The van der Waals surface area contributed by atoms with Crippen LogP contribution in [0.15, 0.2) is 0 Å². The number of amides is 1. The summed E-state index contributed by atoms with van der Waals surface area (Å²) in [5.74, 6) is 5.14. The van der Waals surface area contributed by atoms with Crippen molar-refractivity contribution < 1.29 is 4.79 Å². The van der Waals surface area contributed by atoms with Crippen LogP contribution >= 0.6 is 0 Å². The summed E-state index contributed by atoms with van der Waals surface area (Å²) in [5.41, 5.74) is 2.26. The smallest absolute Gasteiger partial charge is 0.251 e. The maximum Gasteiger partial charge on any atom is 0.251 e. The summed E-state index contributed by atoms with van der Waals surface area (Å²) in [6.45, 7) is 8.21. The largest absolute Gasteiger partial charge is 0.293 e. The van der Waals surface area contributed by atoms with E-state index in [2.05, 4.69) is 31.1 Å². The van der Waals surface area contributed by atoms with Gasteiger partial charge in [0.05, 0.1) is 6.04 Å². The zero-order valence-corrected chi connectivity index (χ0v) is 10.3. The van der Waals surface area contributed by atoms with Crippen molar-refractivity contribution in [3.8, 4) is 0 Å². The number of hydrazine groups is 1. The summed E-state index contributed by atoms with van der Waals surface area (Å²) in [4.78, 5) is 13.8. The molecule has 3 N–H and O–H groups in total. The normalized spacial score (nSPS) is 12.9. The van der Waals surface area contributed by atoms with Gasteiger partial charge in [0.2, 0.25) is 0 Å². The third-order valence-corrected chi connectivity index (χ3v) is 2.65. The Morgan fingerprint density at radius 1 is 1.33 bits per heavy atom. The molecule has 0 rings (SSSR count). The highest BCUT2D eigenvalue weighted by molar-refractivity contribution is 5.81. The molecule has 0 aliphatic rings. The van der Waals surface area contributed by atoms with Crippen LogP contribution in [0, 0.1) is 0 Å². The van der Waals surface area contributed by atoms with Gasteiger partial charge in [0.1, 0.15) is 0 Å². The lowest BCUT2D eigenvalue weighted by atomic mass is 10.1. The molecule has 4 heteroatoms. The number of carbonyl (C=O) groups is 1. The second-order valence-corrected chi connectivity index (χ2v) is 3.80. The Bertz CT molecular complexity index is 173. The van der Waals surface area contributed by atoms with E-state index in [-0.39, 0.29) is 11.9 Å². The number of hydrogen-bond acceptors (Lipinski definition) is 3. The van der Waals surface area contributed by atoms with Gasteiger partial charge in [-0.3, -0.25) is 15.1 Å². The van der Waals surface area contributed by atoms with Gasteiger partial charge >= 0.3 is 0 Å². The molecule has 0 aliphatic carbocycles. The zero-order valence-electron chi connectivity index (χ0n) is 10.3. The molecule has 0 aliphatic heterocycles. The molecule has 1 unspecified atom stereocenters. The average molecular weight is 215 g/mol. The van der Waals surface area contributed by atoms with E-state index in [4.69, 9.17) is 5.84 Å². The van der Waals surface area contributed by atoms with Gasteiger partial charge in [0.25, 0.3) is 5.91 Å². The molecule has 1 atom stereocenters. The highest BCUT2D eigenvalue weighted by Gasteiger charge is 2.22. The van der Waals surface area contributed by atoms with Gasteiger partial charge in [-0.25, -0.2) is 5.84 Å². The molecule has 1 amide bonds. The molecule has 0 fully saturated rings. The SMILES string of the molecule is CCCCN(CC)C(CCC)C(=O)NN. The number of nitrogens with two attached hydrogens (primary N) is 1. The van der Waals surface area contributed by atoms with Crippen molar-refractivity contribution in [3.63, 3.8) is 0 Å². The topological polar surface area (TPSA) is 58.4 Å². The highest BCUT2D eigenvalue weighted by atomic mass is 16.2. The first kappa shape index (κ1) is 14.4. The van der Waals surface area contributed by atoms with Crippen LogP contribution in [0.4, 0.5) is 0 Å². The Kier molecular flexibility index (Phi) is 8.33. The Morgan fingerprint density at radius 2 is 2.00 bits per heavy atom. The van der Waals surface area contributed by atoms with Crippen molar-refractivity contribution in [3.05, 3.63) is 0 Å². The van der Waals surface area contributed by atoms with Crippen LogP contribution in [0.2, 0.25) is 0 Å². The van der Waals surface area contributed by atoms with Crippen molar-refractivity contribution in [2.24, 2.45) is 5.84 Å². The number of carbonyl (C=O) groups excluding carboxylic acids is 1.